The van der Waals surface area contributed by atoms with Gasteiger partial charge in [0.15, 0.2) is 0 Å². The Morgan fingerprint density at radius 2 is 1.81 bits per heavy atom. The minimum atomic E-state index is -0.247. The van der Waals surface area contributed by atoms with Crippen molar-refractivity contribution in [3.05, 3.63) is 73.1 Å². The topological polar surface area (TPSA) is 95.1 Å². The van der Waals surface area contributed by atoms with Gasteiger partial charge in [0.25, 0.3) is 0 Å². The van der Waals surface area contributed by atoms with Crippen molar-refractivity contribution in [2.75, 3.05) is 24.3 Å². The number of aromatic nitrogens is 3. The quantitative estimate of drug-likeness (QED) is 0.469. The number of carbonyl (C=O) groups excluding carboxylic acids is 1. The molecule has 1 fully saturated rings. The van der Waals surface area contributed by atoms with E-state index in [1.807, 2.05) is 35.9 Å². The number of ether oxygens (including phenoxy) is 1. The van der Waals surface area contributed by atoms with Crippen molar-refractivity contribution in [3.8, 4) is 22.4 Å². The summed E-state index contributed by atoms with van der Waals surface area (Å²) in [6.45, 7) is 5.03. The summed E-state index contributed by atoms with van der Waals surface area (Å²) >= 11 is 0. The summed E-state index contributed by atoms with van der Waals surface area (Å²) in [5, 5.41) is 3.61. The summed E-state index contributed by atoms with van der Waals surface area (Å²) in [6, 6.07) is 16.2. The van der Waals surface area contributed by atoms with Gasteiger partial charge < -0.3 is 20.4 Å². The second-order valence-electron chi connectivity index (χ2n) is 7.87. The normalized spacial score (nSPS) is 13.7. The second kappa shape index (κ2) is 7.94. The first-order valence-corrected chi connectivity index (χ1v) is 10.4. The standard InChI is InChI=1S/C25H23N5O2/c1-3-20(31)29-19-10-8-17(9-11-19)23-21(22-24(26)27-14-28-25(22)30(23)2)16-6-4-15(5-7-16)18-12-32-13-18/h3-11,14,18H,1,12-13H2,2H3,(H,29,31)(H2,26,27,28). The molecule has 0 spiro atoms. The van der Waals surface area contributed by atoms with Crippen LogP contribution in [0, 0.1) is 0 Å². The van der Waals surface area contributed by atoms with Crippen molar-refractivity contribution in [1.29, 1.82) is 0 Å². The van der Waals surface area contributed by atoms with Crippen LogP contribution >= 0.6 is 0 Å². The van der Waals surface area contributed by atoms with E-state index in [2.05, 4.69) is 46.1 Å². The van der Waals surface area contributed by atoms with Crippen molar-refractivity contribution >= 4 is 28.4 Å². The Bertz CT molecular complexity index is 1320. The van der Waals surface area contributed by atoms with Crippen LogP contribution < -0.4 is 11.1 Å². The summed E-state index contributed by atoms with van der Waals surface area (Å²) in [5.41, 5.74) is 13.0. The van der Waals surface area contributed by atoms with Gasteiger partial charge >= 0.3 is 0 Å². The Balaban J connectivity index is 1.65. The van der Waals surface area contributed by atoms with Crippen LogP contribution in [0.2, 0.25) is 0 Å². The molecule has 5 rings (SSSR count). The predicted molar refractivity (Wildman–Crippen MR) is 126 cm³/mol. The minimum Gasteiger partial charge on any atom is -0.383 e. The van der Waals surface area contributed by atoms with E-state index in [0.717, 1.165) is 46.6 Å². The maximum Gasteiger partial charge on any atom is 0.247 e. The van der Waals surface area contributed by atoms with E-state index in [-0.39, 0.29) is 5.91 Å². The molecule has 0 bridgehead atoms. The van der Waals surface area contributed by atoms with Gasteiger partial charge in [-0.15, -0.1) is 0 Å². The number of nitrogen functional groups attached to an aromatic ring is 1. The Hall–Kier alpha value is -3.97. The third-order valence-electron chi connectivity index (χ3n) is 5.92. The molecule has 1 saturated heterocycles. The average Bonchev–Trinajstić information content (AvgIpc) is 3.07. The van der Waals surface area contributed by atoms with Gasteiger partial charge in [0.2, 0.25) is 5.91 Å². The lowest BCUT2D eigenvalue weighted by atomic mass is 9.93. The summed E-state index contributed by atoms with van der Waals surface area (Å²) < 4.78 is 7.37. The zero-order valence-corrected chi connectivity index (χ0v) is 17.7. The molecule has 7 nitrogen and oxygen atoms in total. The lowest BCUT2D eigenvalue weighted by Gasteiger charge is -2.26. The highest BCUT2D eigenvalue weighted by Crippen LogP contribution is 2.42. The molecule has 1 aliphatic rings. The van der Waals surface area contributed by atoms with Gasteiger partial charge in [-0.3, -0.25) is 4.79 Å². The molecule has 0 saturated carbocycles. The molecule has 3 N–H and O–H groups in total. The van der Waals surface area contributed by atoms with E-state index in [4.69, 9.17) is 10.5 Å². The largest absolute Gasteiger partial charge is 0.383 e. The number of nitrogens with zero attached hydrogens (tertiary/aromatic N) is 3. The molecular weight excluding hydrogens is 402 g/mol. The van der Waals surface area contributed by atoms with Gasteiger partial charge in [-0.2, -0.15) is 0 Å². The molecular formula is C25H23N5O2. The molecule has 4 aromatic rings. The molecule has 0 aliphatic carbocycles. The zero-order chi connectivity index (χ0) is 22.2. The Kier molecular flexibility index (Phi) is 4.95. The summed E-state index contributed by atoms with van der Waals surface area (Å²) in [7, 11) is 1.97. The molecule has 7 heteroatoms. The van der Waals surface area contributed by atoms with E-state index in [0.29, 0.717) is 17.4 Å². The summed E-state index contributed by atoms with van der Waals surface area (Å²) in [6.07, 6.45) is 2.73. The number of amides is 1. The lowest BCUT2D eigenvalue weighted by molar-refractivity contribution is -0.111. The fraction of sp³-hybridized carbons (Fsp3) is 0.160. The summed E-state index contributed by atoms with van der Waals surface area (Å²) in [4.78, 5) is 20.4. The fourth-order valence-corrected chi connectivity index (χ4v) is 4.15. The maximum absolute atomic E-state index is 11.6. The van der Waals surface area contributed by atoms with Gasteiger partial charge in [0.05, 0.1) is 24.3 Å². The highest BCUT2D eigenvalue weighted by atomic mass is 16.5. The highest BCUT2D eigenvalue weighted by Gasteiger charge is 2.23. The SMILES string of the molecule is C=CC(=O)Nc1ccc(-c2c(-c3ccc(C4COC4)cc3)c3c(N)ncnc3n2C)cc1. The second-order valence-corrected chi connectivity index (χ2v) is 7.87. The minimum absolute atomic E-state index is 0.247. The van der Waals surface area contributed by atoms with Crippen LogP contribution in [0.5, 0.6) is 0 Å². The molecule has 32 heavy (non-hydrogen) atoms. The number of rotatable bonds is 5. The predicted octanol–water partition coefficient (Wildman–Crippen LogP) is 4.12. The molecule has 1 aliphatic heterocycles. The first kappa shape index (κ1) is 20.0. The number of hydrogen-bond acceptors (Lipinski definition) is 5. The molecule has 1 amide bonds. The number of benzene rings is 2. The number of anilines is 2. The van der Waals surface area contributed by atoms with Crippen LogP contribution in [0.15, 0.2) is 67.5 Å². The Morgan fingerprint density at radius 3 is 2.44 bits per heavy atom. The first-order valence-electron chi connectivity index (χ1n) is 10.4. The van der Waals surface area contributed by atoms with Crippen molar-refractivity contribution in [2.24, 2.45) is 7.05 Å². The van der Waals surface area contributed by atoms with Gasteiger partial charge in [-0.1, -0.05) is 43.0 Å². The smallest absolute Gasteiger partial charge is 0.247 e. The molecule has 160 valence electrons. The fourth-order valence-electron chi connectivity index (χ4n) is 4.15. The zero-order valence-electron chi connectivity index (χ0n) is 17.7. The van der Waals surface area contributed by atoms with Crippen molar-refractivity contribution in [2.45, 2.75) is 5.92 Å². The van der Waals surface area contributed by atoms with E-state index < -0.39 is 0 Å². The molecule has 0 radical (unpaired) electrons. The van der Waals surface area contributed by atoms with Gasteiger partial charge in [0, 0.05) is 24.2 Å². The van der Waals surface area contributed by atoms with Gasteiger partial charge in [-0.05, 0) is 34.9 Å². The third-order valence-corrected chi connectivity index (χ3v) is 5.92. The molecule has 0 unspecified atom stereocenters. The van der Waals surface area contributed by atoms with Crippen LogP contribution in [-0.4, -0.2) is 33.7 Å². The van der Waals surface area contributed by atoms with Crippen molar-refractivity contribution in [3.63, 3.8) is 0 Å². The number of nitrogens with two attached hydrogens (primary N) is 1. The van der Waals surface area contributed by atoms with Crippen LogP contribution in [0.3, 0.4) is 0 Å². The van der Waals surface area contributed by atoms with Crippen molar-refractivity contribution in [1.82, 2.24) is 14.5 Å². The lowest BCUT2D eigenvalue weighted by Crippen LogP contribution is -2.24. The van der Waals surface area contributed by atoms with E-state index in [1.165, 1.54) is 18.0 Å². The van der Waals surface area contributed by atoms with E-state index in [1.54, 1.807) is 0 Å². The van der Waals surface area contributed by atoms with Gasteiger partial charge in [-0.25, -0.2) is 9.97 Å². The third kappa shape index (κ3) is 3.33. The van der Waals surface area contributed by atoms with Gasteiger partial charge in [0.1, 0.15) is 17.8 Å². The number of nitrogens with one attached hydrogen (secondary N) is 1. The maximum atomic E-state index is 11.6. The number of fused-ring (bicyclic) bond motifs is 1. The monoisotopic (exact) mass is 425 g/mol. The van der Waals surface area contributed by atoms with E-state index >= 15 is 0 Å². The van der Waals surface area contributed by atoms with Crippen LogP contribution in [-0.2, 0) is 16.6 Å². The Morgan fingerprint density at radius 1 is 1.12 bits per heavy atom. The number of aryl methyl sites for hydroxylation is 1. The number of carbonyl (C=O) groups is 1. The van der Waals surface area contributed by atoms with Crippen LogP contribution in [0.25, 0.3) is 33.4 Å². The molecule has 2 aromatic heterocycles. The van der Waals surface area contributed by atoms with E-state index in [9.17, 15) is 4.79 Å². The van der Waals surface area contributed by atoms with Crippen molar-refractivity contribution < 1.29 is 9.53 Å². The average molecular weight is 425 g/mol. The Labute approximate surface area is 185 Å². The highest BCUT2D eigenvalue weighted by molar-refractivity contribution is 6.08. The number of hydrogen-bond donors (Lipinski definition) is 2. The molecule has 2 aromatic carbocycles. The first-order chi connectivity index (χ1) is 15.6. The molecule has 3 heterocycles. The molecule has 0 atom stereocenters. The van der Waals surface area contributed by atoms with Crippen LogP contribution in [0.4, 0.5) is 11.5 Å². The summed E-state index contributed by atoms with van der Waals surface area (Å²) in [5.74, 6) is 0.656. The van der Waals surface area contributed by atoms with Crippen LogP contribution in [0.1, 0.15) is 11.5 Å².